The Bertz CT molecular complexity index is 651. The largest absolute Gasteiger partial charge is 0.373 e. The number of carbonyl (C=O) groups is 1. The van der Waals surface area contributed by atoms with Crippen molar-refractivity contribution in [2.45, 2.75) is 50.3 Å². The molecule has 0 saturated carbocycles. The lowest BCUT2D eigenvalue weighted by molar-refractivity contribution is -0.0781. The van der Waals surface area contributed by atoms with Crippen LogP contribution in [0.15, 0.2) is 18.2 Å². The van der Waals surface area contributed by atoms with Gasteiger partial charge in [-0.25, -0.2) is 0 Å². The van der Waals surface area contributed by atoms with E-state index in [1.807, 2.05) is 17.0 Å². The number of nitrogens with zero attached hydrogens (tertiary/aromatic N) is 2. The summed E-state index contributed by atoms with van der Waals surface area (Å²) in [6.07, 6.45) is 4.84. The van der Waals surface area contributed by atoms with Gasteiger partial charge in [0.05, 0.1) is 6.04 Å². The number of benzene rings is 1. The maximum absolute atomic E-state index is 13.2. The topological polar surface area (TPSA) is 43.8 Å². The summed E-state index contributed by atoms with van der Waals surface area (Å²) in [5.41, 5.74) is 3.28. The molecule has 4 nitrogen and oxygen atoms in total. The SMILES string of the molecule is O=C1c2cccc3c2[C@@H](CCC3)[C@H](O)N1C1CN2CCC1CC2. The van der Waals surface area contributed by atoms with Crippen LogP contribution in [0.5, 0.6) is 0 Å². The van der Waals surface area contributed by atoms with Crippen molar-refractivity contribution in [3.63, 3.8) is 0 Å². The van der Waals surface area contributed by atoms with E-state index in [2.05, 4.69) is 11.0 Å². The predicted octanol–water partition coefficient (Wildman–Crippen LogP) is 1.97. The Morgan fingerprint density at radius 1 is 1.13 bits per heavy atom. The van der Waals surface area contributed by atoms with Gasteiger partial charge in [-0.05, 0) is 68.3 Å². The molecule has 6 rings (SSSR count). The van der Waals surface area contributed by atoms with Gasteiger partial charge in [0, 0.05) is 18.0 Å². The van der Waals surface area contributed by atoms with Crippen molar-refractivity contribution in [3.05, 3.63) is 34.9 Å². The molecular weight excluding hydrogens is 288 g/mol. The van der Waals surface area contributed by atoms with Crippen molar-refractivity contribution >= 4 is 5.91 Å². The molecule has 1 amide bonds. The fourth-order valence-electron chi connectivity index (χ4n) is 5.46. The molecule has 2 bridgehead atoms. The van der Waals surface area contributed by atoms with Crippen molar-refractivity contribution in [1.29, 1.82) is 0 Å². The zero-order valence-electron chi connectivity index (χ0n) is 13.4. The van der Waals surface area contributed by atoms with E-state index in [4.69, 9.17) is 0 Å². The molecule has 4 aliphatic heterocycles. The normalized spacial score (nSPS) is 38.6. The number of fused-ring (bicyclic) bond motifs is 3. The molecule has 1 N–H and O–H groups in total. The van der Waals surface area contributed by atoms with Gasteiger partial charge in [0.1, 0.15) is 6.23 Å². The number of piperidine rings is 3. The minimum absolute atomic E-state index is 0.0613. The molecule has 0 radical (unpaired) electrons. The van der Waals surface area contributed by atoms with Crippen molar-refractivity contribution < 1.29 is 9.90 Å². The molecule has 3 atom stereocenters. The van der Waals surface area contributed by atoms with Gasteiger partial charge in [-0.3, -0.25) is 4.79 Å². The Hall–Kier alpha value is -1.39. The van der Waals surface area contributed by atoms with E-state index in [0.717, 1.165) is 50.0 Å². The van der Waals surface area contributed by atoms with Crippen molar-refractivity contribution in [1.82, 2.24) is 9.80 Å². The van der Waals surface area contributed by atoms with Gasteiger partial charge in [-0.1, -0.05) is 12.1 Å². The zero-order chi connectivity index (χ0) is 15.6. The summed E-state index contributed by atoms with van der Waals surface area (Å²) in [5.74, 6) is 0.737. The maximum atomic E-state index is 13.2. The predicted molar refractivity (Wildman–Crippen MR) is 87.2 cm³/mol. The first-order valence-corrected chi connectivity index (χ1v) is 9.09. The molecule has 23 heavy (non-hydrogen) atoms. The van der Waals surface area contributed by atoms with Crippen LogP contribution < -0.4 is 0 Å². The molecule has 5 aliphatic rings. The molecule has 4 heteroatoms. The van der Waals surface area contributed by atoms with Gasteiger partial charge < -0.3 is 14.9 Å². The lowest BCUT2D eigenvalue weighted by atomic mass is 9.74. The first-order chi connectivity index (χ1) is 11.2. The maximum Gasteiger partial charge on any atom is 0.256 e. The van der Waals surface area contributed by atoms with E-state index in [0.29, 0.717) is 5.92 Å². The van der Waals surface area contributed by atoms with Gasteiger partial charge in [-0.15, -0.1) is 0 Å². The second-order valence-electron chi connectivity index (χ2n) is 7.71. The van der Waals surface area contributed by atoms with Crippen molar-refractivity contribution in [2.75, 3.05) is 19.6 Å². The van der Waals surface area contributed by atoms with Gasteiger partial charge in [0.25, 0.3) is 5.91 Å². The van der Waals surface area contributed by atoms with Crippen LogP contribution in [0, 0.1) is 5.92 Å². The fraction of sp³-hybridized carbons (Fsp3) is 0.632. The number of aliphatic hydroxyl groups is 1. The van der Waals surface area contributed by atoms with E-state index in [1.54, 1.807) is 0 Å². The van der Waals surface area contributed by atoms with Crippen LogP contribution in [0.2, 0.25) is 0 Å². The van der Waals surface area contributed by atoms with Crippen LogP contribution in [0.3, 0.4) is 0 Å². The van der Waals surface area contributed by atoms with Crippen molar-refractivity contribution in [3.8, 4) is 0 Å². The molecule has 1 aromatic carbocycles. The van der Waals surface area contributed by atoms with Gasteiger partial charge in [0.2, 0.25) is 0 Å². The Morgan fingerprint density at radius 3 is 2.70 bits per heavy atom. The monoisotopic (exact) mass is 312 g/mol. The molecule has 3 saturated heterocycles. The summed E-state index contributed by atoms with van der Waals surface area (Å²) < 4.78 is 0. The third-order valence-corrected chi connectivity index (χ3v) is 6.62. The molecule has 0 spiro atoms. The van der Waals surface area contributed by atoms with Crippen molar-refractivity contribution in [2.24, 2.45) is 5.92 Å². The Kier molecular flexibility index (Phi) is 3.07. The van der Waals surface area contributed by atoms with Crippen LogP contribution >= 0.6 is 0 Å². The first-order valence-electron chi connectivity index (χ1n) is 9.09. The molecule has 4 heterocycles. The third kappa shape index (κ3) is 1.94. The first kappa shape index (κ1) is 14.0. The van der Waals surface area contributed by atoms with Crippen LogP contribution in [-0.4, -0.2) is 52.7 Å². The number of amides is 1. The Balaban J connectivity index is 1.58. The highest BCUT2D eigenvalue weighted by Gasteiger charge is 2.48. The minimum Gasteiger partial charge on any atom is -0.373 e. The summed E-state index contributed by atoms with van der Waals surface area (Å²) in [7, 11) is 0. The Morgan fingerprint density at radius 2 is 1.96 bits per heavy atom. The average Bonchev–Trinajstić information content (AvgIpc) is 2.61. The van der Waals surface area contributed by atoms with Crippen LogP contribution in [0.4, 0.5) is 0 Å². The summed E-state index contributed by atoms with van der Waals surface area (Å²) in [4.78, 5) is 17.5. The molecule has 3 fully saturated rings. The second kappa shape index (κ2) is 5.05. The number of aliphatic hydroxyl groups excluding tert-OH is 1. The summed E-state index contributed by atoms with van der Waals surface area (Å²) >= 11 is 0. The highest BCUT2D eigenvalue weighted by atomic mass is 16.3. The van der Waals surface area contributed by atoms with E-state index in [1.165, 1.54) is 18.4 Å². The van der Waals surface area contributed by atoms with Gasteiger partial charge in [0.15, 0.2) is 0 Å². The molecular formula is C19H24N2O2. The van der Waals surface area contributed by atoms with E-state index < -0.39 is 6.23 Å². The number of aryl methyl sites for hydroxylation is 1. The summed E-state index contributed by atoms with van der Waals surface area (Å²) in [5, 5.41) is 11.1. The van der Waals surface area contributed by atoms with Gasteiger partial charge in [-0.2, -0.15) is 0 Å². The second-order valence-corrected chi connectivity index (χ2v) is 7.71. The molecule has 0 aromatic heterocycles. The molecule has 1 aromatic rings. The molecule has 1 unspecified atom stereocenters. The minimum atomic E-state index is -0.637. The third-order valence-electron chi connectivity index (χ3n) is 6.62. The lowest BCUT2D eigenvalue weighted by Crippen LogP contribution is -2.63. The molecule has 122 valence electrons. The standard InChI is InChI=1S/C19H24N2O2/c22-18-14-5-1-3-13-4-2-6-15(17(13)14)19(23)21(18)16-11-20-9-7-12(16)8-10-20/h1,3,5,12,15-16,19,23H,2,4,6-11H2/t15-,16?,19+/m1/s1. The Labute approximate surface area is 137 Å². The van der Waals surface area contributed by atoms with E-state index in [-0.39, 0.29) is 17.9 Å². The number of carbonyl (C=O) groups excluding carboxylic acids is 1. The summed E-state index contributed by atoms with van der Waals surface area (Å²) in [6, 6.07) is 6.31. The van der Waals surface area contributed by atoms with Gasteiger partial charge >= 0.3 is 0 Å². The quantitative estimate of drug-likeness (QED) is 0.862. The van der Waals surface area contributed by atoms with E-state index in [9.17, 15) is 9.90 Å². The number of hydrogen-bond acceptors (Lipinski definition) is 3. The lowest BCUT2D eigenvalue weighted by Gasteiger charge is -2.53. The fourth-order valence-corrected chi connectivity index (χ4v) is 5.46. The highest BCUT2D eigenvalue weighted by molar-refractivity contribution is 5.98. The number of hydrogen-bond donors (Lipinski definition) is 1. The smallest absolute Gasteiger partial charge is 0.256 e. The zero-order valence-corrected chi connectivity index (χ0v) is 13.4. The van der Waals surface area contributed by atoms with Crippen LogP contribution in [-0.2, 0) is 6.42 Å². The average molecular weight is 312 g/mol. The molecule has 1 aliphatic carbocycles. The number of rotatable bonds is 1. The highest BCUT2D eigenvalue weighted by Crippen LogP contribution is 2.44. The van der Waals surface area contributed by atoms with Crippen LogP contribution in [0.25, 0.3) is 0 Å². The summed E-state index contributed by atoms with van der Waals surface area (Å²) in [6.45, 7) is 3.25. The van der Waals surface area contributed by atoms with Crippen LogP contribution in [0.1, 0.15) is 53.1 Å². The van der Waals surface area contributed by atoms with E-state index >= 15 is 0 Å².